The fourth-order valence-electron chi connectivity index (χ4n) is 1.05. The molecule has 0 heterocycles. The second-order valence-electron chi connectivity index (χ2n) is 2.95. The lowest BCUT2D eigenvalue weighted by Crippen LogP contribution is -2.32. The first kappa shape index (κ1) is 13.2. The lowest BCUT2D eigenvalue weighted by molar-refractivity contribution is -0.132. The van der Waals surface area contributed by atoms with E-state index in [1.54, 1.807) is 12.2 Å². The van der Waals surface area contributed by atoms with Crippen LogP contribution in [0.3, 0.4) is 0 Å². The van der Waals surface area contributed by atoms with Crippen molar-refractivity contribution < 1.29 is 14.7 Å². The molecule has 1 N–H and O–H groups in total. The maximum Gasteiger partial charge on any atom is 0.328 e. The van der Waals surface area contributed by atoms with E-state index in [1.165, 1.54) is 11.8 Å². The zero-order chi connectivity index (χ0) is 11.8. The summed E-state index contributed by atoms with van der Waals surface area (Å²) in [5.41, 5.74) is 0.186. The van der Waals surface area contributed by atoms with Gasteiger partial charge in [-0.3, -0.25) is 4.79 Å². The summed E-state index contributed by atoms with van der Waals surface area (Å²) in [5, 5.41) is 8.49. The van der Waals surface area contributed by atoms with Crippen LogP contribution in [-0.4, -0.2) is 35.0 Å². The number of hydrogen-bond acceptors (Lipinski definition) is 2. The van der Waals surface area contributed by atoms with Crippen LogP contribution in [0.5, 0.6) is 0 Å². The number of carboxylic acids is 1. The van der Waals surface area contributed by atoms with Gasteiger partial charge in [0.25, 0.3) is 0 Å². The van der Waals surface area contributed by atoms with Crippen molar-refractivity contribution in [3.05, 3.63) is 37.0 Å². The normalized spacial score (nSPS) is 10.6. The maximum absolute atomic E-state index is 11.7. The van der Waals surface area contributed by atoms with Crippen LogP contribution in [0, 0.1) is 0 Å². The molecule has 0 aromatic rings. The van der Waals surface area contributed by atoms with Crippen molar-refractivity contribution in [3.8, 4) is 0 Å². The van der Waals surface area contributed by atoms with E-state index in [1.807, 2.05) is 0 Å². The molecule has 1 amide bonds. The molecule has 0 spiro atoms. The van der Waals surface area contributed by atoms with Crippen molar-refractivity contribution in [1.82, 2.24) is 4.90 Å². The summed E-state index contributed by atoms with van der Waals surface area (Å²) < 4.78 is 0. The Labute approximate surface area is 89.2 Å². The molecule has 0 bridgehead atoms. The van der Waals surface area contributed by atoms with Crippen LogP contribution in [0.15, 0.2) is 37.0 Å². The highest BCUT2D eigenvalue weighted by Gasteiger charge is 2.13. The Bertz CT molecular complexity index is 295. The topological polar surface area (TPSA) is 57.6 Å². The summed E-state index contributed by atoms with van der Waals surface area (Å²) in [6, 6.07) is 0. The average Bonchev–Trinajstić information content (AvgIpc) is 2.15. The first-order valence-corrected chi connectivity index (χ1v) is 4.45. The van der Waals surface area contributed by atoms with E-state index < -0.39 is 5.97 Å². The smallest absolute Gasteiger partial charge is 0.328 e. The molecule has 4 nitrogen and oxygen atoms in total. The Balaban J connectivity index is 4.68. The molecule has 0 saturated heterocycles. The highest BCUT2D eigenvalue weighted by atomic mass is 16.4. The van der Waals surface area contributed by atoms with Crippen molar-refractivity contribution in [3.63, 3.8) is 0 Å². The Morgan fingerprint density at radius 2 is 1.73 bits per heavy atom. The molecule has 0 aliphatic carbocycles. The summed E-state index contributed by atoms with van der Waals surface area (Å²) in [4.78, 5) is 23.5. The quantitative estimate of drug-likeness (QED) is 0.528. The molecule has 0 aromatic heterocycles. The van der Waals surface area contributed by atoms with Crippen LogP contribution < -0.4 is 0 Å². The molecule has 0 radical (unpaired) electrons. The summed E-state index contributed by atoms with van der Waals surface area (Å²) in [6.45, 7) is 9.25. The lowest BCUT2D eigenvalue weighted by Gasteiger charge is -2.19. The highest BCUT2D eigenvalue weighted by molar-refractivity contribution is 5.98. The predicted molar refractivity (Wildman–Crippen MR) is 58.4 cm³/mol. The van der Waals surface area contributed by atoms with Gasteiger partial charge in [-0.05, 0) is 6.92 Å². The third kappa shape index (κ3) is 4.81. The Hall–Kier alpha value is -1.84. The molecule has 0 rings (SSSR count). The minimum atomic E-state index is -1.13. The first-order chi connectivity index (χ1) is 7.02. The summed E-state index contributed by atoms with van der Waals surface area (Å²) in [5.74, 6) is -1.45. The Kier molecular flexibility index (Phi) is 5.78. The van der Waals surface area contributed by atoms with Gasteiger partial charge in [-0.2, -0.15) is 0 Å². The van der Waals surface area contributed by atoms with Crippen molar-refractivity contribution in [1.29, 1.82) is 0 Å². The standard InChI is InChI=1S/C11H15NO3/c1-4-6-12(7-5-2)11(15)9(3)8-10(13)14/h4-5,8H,1-2,6-7H2,3H3,(H,13,14). The van der Waals surface area contributed by atoms with Crippen LogP contribution >= 0.6 is 0 Å². The maximum atomic E-state index is 11.7. The fourth-order valence-corrected chi connectivity index (χ4v) is 1.05. The molecule has 0 aliphatic heterocycles. The van der Waals surface area contributed by atoms with Crippen LogP contribution in [0.25, 0.3) is 0 Å². The number of rotatable bonds is 6. The van der Waals surface area contributed by atoms with Crippen molar-refractivity contribution >= 4 is 11.9 Å². The molecule has 15 heavy (non-hydrogen) atoms. The van der Waals surface area contributed by atoms with Gasteiger partial charge in [0.1, 0.15) is 0 Å². The van der Waals surface area contributed by atoms with E-state index >= 15 is 0 Å². The lowest BCUT2D eigenvalue weighted by atomic mass is 10.2. The number of carboxylic acid groups (broad SMARTS) is 1. The average molecular weight is 209 g/mol. The second-order valence-corrected chi connectivity index (χ2v) is 2.95. The molecule has 82 valence electrons. The van der Waals surface area contributed by atoms with Gasteiger partial charge in [-0.1, -0.05) is 12.2 Å². The minimum absolute atomic E-state index is 0.186. The van der Waals surface area contributed by atoms with E-state index in [4.69, 9.17) is 5.11 Å². The van der Waals surface area contributed by atoms with E-state index in [0.717, 1.165) is 6.08 Å². The summed E-state index contributed by atoms with van der Waals surface area (Å²) in [7, 11) is 0. The van der Waals surface area contributed by atoms with E-state index in [9.17, 15) is 9.59 Å². The number of carbonyl (C=O) groups excluding carboxylic acids is 1. The molecule has 0 unspecified atom stereocenters. The first-order valence-electron chi connectivity index (χ1n) is 4.45. The van der Waals surface area contributed by atoms with Gasteiger partial charge in [0.15, 0.2) is 0 Å². The molecule has 0 aliphatic rings. The van der Waals surface area contributed by atoms with Gasteiger partial charge in [0.2, 0.25) is 5.91 Å². The van der Waals surface area contributed by atoms with Gasteiger partial charge in [0.05, 0.1) is 0 Å². The number of hydrogen-bond donors (Lipinski definition) is 1. The van der Waals surface area contributed by atoms with E-state index in [-0.39, 0.29) is 11.5 Å². The Morgan fingerprint density at radius 1 is 1.27 bits per heavy atom. The number of nitrogens with zero attached hydrogens (tertiary/aromatic N) is 1. The van der Waals surface area contributed by atoms with Crippen molar-refractivity contribution in [2.45, 2.75) is 6.92 Å². The second kappa shape index (κ2) is 6.59. The minimum Gasteiger partial charge on any atom is -0.478 e. The monoisotopic (exact) mass is 209 g/mol. The largest absolute Gasteiger partial charge is 0.478 e. The van der Waals surface area contributed by atoms with Crippen LogP contribution in [0.1, 0.15) is 6.92 Å². The highest BCUT2D eigenvalue weighted by Crippen LogP contribution is 2.01. The molecule has 0 saturated carbocycles. The predicted octanol–water partition coefficient (Wildman–Crippen LogP) is 1.22. The van der Waals surface area contributed by atoms with Gasteiger partial charge in [-0.15, -0.1) is 13.2 Å². The fraction of sp³-hybridized carbons (Fsp3) is 0.273. The van der Waals surface area contributed by atoms with Crippen molar-refractivity contribution in [2.24, 2.45) is 0 Å². The number of aliphatic carboxylic acids is 1. The van der Waals surface area contributed by atoms with Gasteiger partial charge < -0.3 is 10.0 Å². The number of carbonyl (C=O) groups is 2. The molecule has 0 aromatic carbocycles. The molecular weight excluding hydrogens is 194 g/mol. The Morgan fingerprint density at radius 3 is 2.07 bits per heavy atom. The third-order valence-electron chi connectivity index (χ3n) is 1.66. The SMILES string of the molecule is C=CCN(CC=C)C(=O)C(C)=CC(=O)O. The van der Waals surface area contributed by atoms with Crippen molar-refractivity contribution in [2.75, 3.05) is 13.1 Å². The van der Waals surface area contributed by atoms with Gasteiger partial charge in [0, 0.05) is 24.7 Å². The molecular formula is C11H15NO3. The van der Waals surface area contributed by atoms with Crippen LogP contribution in [0.4, 0.5) is 0 Å². The molecule has 0 atom stereocenters. The zero-order valence-electron chi connectivity index (χ0n) is 8.77. The van der Waals surface area contributed by atoms with E-state index in [2.05, 4.69) is 13.2 Å². The summed E-state index contributed by atoms with van der Waals surface area (Å²) >= 11 is 0. The molecule has 0 fully saturated rings. The van der Waals surface area contributed by atoms with Crippen LogP contribution in [0.2, 0.25) is 0 Å². The van der Waals surface area contributed by atoms with Gasteiger partial charge in [-0.25, -0.2) is 4.79 Å². The van der Waals surface area contributed by atoms with Gasteiger partial charge >= 0.3 is 5.97 Å². The van der Waals surface area contributed by atoms with E-state index in [0.29, 0.717) is 13.1 Å². The number of amides is 1. The zero-order valence-corrected chi connectivity index (χ0v) is 8.77. The summed E-state index contributed by atoms with van der Waals surface area (Å²) in [6.07, 6.45) is 4.05. The third-order valence-corrected chi connectivity index (χ3v) is 1.66. The van der Waals surface area contributed by atoms with Crippen LogP contribution in [-0.2, 0) is 9.59 Å². The molecule has 4 heteroatoms.